The summed E-state index contributed by atoms with van der Waals surface area (Å²) in [6, 6.07) is 10.4. The van der Waals surface area contributed by atoms with E-state index in [9.17, 15) is 27.1 Å². The zero-order valence-electron chi connectivity index (χ0n) is 15.0. The summed E-state index contributed by atoms with van der Waals surface area (Å²) in [6.07, 6.45) is 0. The number of carbonyl (C=O) groups is 1. The molecule has 0 saturated heterocycles. The van der Waals surface area contributed by atoms with Crippen LogP contribution in [0.1, 0.15) is 15.9 Å². The van der Waals surface area contributed by atoms with Crippen LogP contribution in [-0.4, -0.2) is 19.4 Å². The Morgan fingerprint density at radius 3 is 2.50 bits per heavy atom. The summed E-state index contributed by atoms with van der Waals surface area (Å²) in [5, 5.41) is 12.9. The molecule has 30 heavy (non-hydrogen) atoms. The molecule has 1 heterocycles. The molecule has 0 atom stereocenters. The minimum atomic E-state index is -4.52. The molecule has 0 aromatic heterocycles. The lowest BCUT2D eigenvalue weighted by Gasteiger charge is -2.14. The van der Waals surface area contributed by atoms with Crippen LogP contribution in [0.5, 0.6) is 5.75 Å². The van der Waals surface area contributed by atoms with Crippen molar-refractivity contribution in [1.82, 2.24) is 5.32 Å². The molecule has 0 fully saturated rings. The minimum absolute atomic E-state index is 0.00909. The van der Waals surface area contributed by atoms with Crippen molar-refractivity contribution >= 4 is 37.5 Å². The first-order valence-corrected chi connectivity index (χ1v) is 10.9. The highest BCUT2D eigenvalue weighted by molar-refractivity contribution is 9.10. The highest BCUT2D eigenvalue weighted by atomic mass is 79.9. The maximum absolute atomic E-state index is 14.6. The first kappa shape index (κ1) is 20.3. The van der Waals surface area contributed by atoms with Crippen LogP contribution in [-0.2, 0) is 16.6 Å². The SMILES string of the molecule is O=C1NCc2ccccc2-c2cc(c(F)cc2F)NS(=O)(=O)c2cc1cc(Br)c2O. The van der Waals surface area contributed by atoms with Gasteiger partial charge < -0.3 is 10.4 Å². The standard InChI is InChI=1S/C20H13BrF2N2O4S/c21-14-5-11-6-18(19(14)26)30(28,29)25-17-7-13(15(22)8-16(17)23)12-4-2-1-3-10(12)9-24-20(11)27/h1-8,25-26H,9H2,(H,24,27). The third-order valence-electron chi connectivity index (χ3n) is 4.63. The monoisotopic (exact) mass is 494 g/mol. The molecule has 4 rings (SSSR count). The molecule has 1 aliphatic heterocycles. The van der Waals surface area contributed by atoms with Gasteiger partial charge in [-0.1, -0.05) is 24.3 Å². The van der Waals surface area contributed by atoms with Crippen molar-refractivity contribution in [2.45, 2.75) is 11.4 Å². The molecular weight excluding hydrogens is 482 g/mol. The van der Waals surface area contributed by atoms with E-state index in [2.05, 4.69) is 21.2 Å². The molecule has 10 heteroatoms. The van der Waals surface area contributed by atoms with Gasteiger partial charge in [-0.05, 0) is 45.3 Å². The first-order valence-electron chi connectivity index (χ1n) is 8.58. The molecule has 0 spiro atoms. The molecule has 0 radical (unpaired) electrons. The molecule has 6 nitrogen and oxygen atoms in total. The average molecular weight is 495 g/mol. The van der Waals surface area contributed by atoms with Crippen molar-refractivity contribution in [2.24, 2.45) is 0 Å². The summed E-state index contributed by atoms with van der Waals surface area (Å²) >= 11 is 3.03. The fourth-order valence-corrected chi connectivity index (χ4v) is 4.95. The van der Waals surface area contributed by atoms with E-state index in [1.165, 1.54) is 6.07 Å². The van der Waals surface area contributed by atoms with Gasteiger partial charge in [-0.15, -0.1) is 0 Å². The maximum atomic E-state index is 14.6. The molecule has 3 aromatic rings. The summed E-state index contributed by atoms with van der Waals surface area (Å²) in [5.41, 5.74) is 0.319. The Morgan fingerprint density at radius 1 is 1.00 bits per heavy atom. The lowest BCUT2D eigenvalue weighted by molar-refractivity contribution is 0.0950. The van der Waals surface area contributed by atoms with Crippen LogP contribution in [0, 0.1) is 11.6 Å². The lowest BCUT2D eigenvalue weighted by atomic mass is 9.98. The fourth-order valence-electron chi connectivity index (χ4n) is 3.16. The van der Waals surface area contributed by atoms with E-state index in [1.807, 2.05) is 4.72 Å². The Balaban J connectivity index is 2.01. The van der Waals surface area contributed by atoms with Crippen LogP contribution in [0.3, 0.4) is 0 Å². The Morgan fingerprint density at radius 2 is 1.73 bits per heavy atom. The van der Waals surface area contributed by atoms with Gasteiger partial charge in [-0.25, -0.2) is 17.2 Å². The van der Waals surface area contributed by atoms with Crippen LogP contribution < -0.4 is 10.0 Å². The van der Waals surface area contributed by atoms with E-state index in [0.717, 1.165) is 12.1 Å². The fraction of sp³-hybridized carbons (Fsp3) is 0.0500. The zero-order valence-corrected chi connectivity index (χ0v) is 17.4. The van der Waals surface area contributed by atoms with Crippen LogP contribution in [0.15, 0.2) is 57.9 Å². The molecule has 4 bridgehead atoms. The number of sulfonamides is 1. The van der Waals surface area contributed by atoms with Crippen LogP contribution in [0.4, 0.5) is 14.5 Å². The van der Waals surface area contributed by atoms with E-state index in [0.29, 0.717) is 17.2 Å². The third-order valence-corrected chi connectivity index (χ3v) is 6.61. The Labute approximate surface area is 178 Å². The van der Waals surface area contributed by atoms with E-state index in [1.54, 1.807) is 24.3 Å². The van der Waals surface area contributed by atoms with Crippen LogP contribution in [0.25, 0.3) is 11.1 Å². The van der Waals surface area contributed by atoms with Gasteiger partial charge >= 0.3 is 0 Å². The van der Waals surface area contributed by atoms with Crippen molar-refractivity contribution in [3.05, 3.63) is 75.8 Å². The molecule has 0 aliphatic carbocycles. The number of amides is 1. The molecule has 0 saturated carbocycles. The van der Waals surface area contributed by atoms with E-state index in [4.69, 9.17) is 0 Å². The molecule has 3 N–H and O–H groups in total. The van der Waals surface area contributed by atoms with Gasteiger partial charge in [0.05, 0.1) is 10.2 Å². The number of nitrogens with one attached hydrogen (secondary N) is 2. The zero-order chi connectivity index (χ0) is 21.6. The molecular formula is C20H13BrF2N2O4S. The number of carbonyl (C=O) groups excluding carboxylic acids is 1. The van der Waals surface area contributed by atoms with Crippen molar-refractivity contribution in [3.63, 3.8) is 0 Å². The second-order valence-electron chi connectivity index (χ2n) is 6.56. The number of hydrogen-bond acceptors (Lipinski definition) is 4. The summed E-state index contributed by atoms with van der Waals surface area (Å²) < 4.78 is 56.7. The van der Waals surface area contributed by atoms with E-state index in [-0.39, 0.29) is 22.1 Å². The first-order chi connectivity index (χ1) is 14.2. The van der Waals surface area contributed by atoms with Crippen molar-refractivity contribution in [2.75, 3.05) is 4.72 Å². The maximum Gasteiger partial charge on any atom is 0.265 e. The van der Waals surface area contributed by atoms with Gasteiger partial charge in [-0.3, -0.25) is 9.52 Å². The highest BCUT2D eigenvalue weighted by Gasteiger charge is 2.26. The summed E-state index contributed by atoms with van der Waals surface area (Å²) in [7, 11) is -4.52. The predicted octanol–water partition coefficient (Wildman–Crippen LogP) is 4.14. The number of phenols is 1. The number of fused-ring (bicyclic) bond motifs is 6. The lowest BCUT2D eigenvalue weighted by Crippen LogP contribution is -2.23. The van der Waals surface area contributed by atoms with Gasteiger partial charge in [0.2, 0.25) is 0 Å². The van der Waals surface area contributed by atoms with E-state index >= 15 is 0 Å². The molecule has 1 aliphatic rings. The molecule has 0 unspecified atom stereocenters. The number of anilines is 1. The number of rotatable bonds is 0. The van der Waals surface area contributed by atoms with Crippen LogP contribution >= 0.6 is 15.9 Å². The topological polar surface area (TPSA) is 95.5 Å². The molecule has 3 aromatic carbocycles. The second kappa shape index (κ2) is 7.37. The molecule has 1 amide bonds. The minimum Gasteiger partial charge on any atom is -0.505 e. The predicted molar refractivity (Wildman–Crippen MR) is 110 cm³/mol. The Hall–Kier alpha value is -2.98. The smallest absolute Gasteiger partial charge is 0.265 e. The highest BCUT2D eigenvalue weighted by Crippen LogP contribution is 2.36. The van der Waals surface area contributed by atoms with Gasteiger partial charge in [0, 0.05) is 23.7 Å². The van der Waals surface area contributed by atoms with E-state index < -0.39 is 43.9 Å². The average Bonchev–Trinajstić information content (AvgIpc) is 2.70. The summed E-state index contributed by atoms with van der Waals surface area (Å²) in [6.45, 7) is 0.00909. The van der Waals surface area contributed by atoms with Gasteiger partial charge in [-0.2, -0.15) is 0 Å². The number of halogens is 3. The van der Waals surface area contributed by atoms with Gasteiger partial charge in [0.25, 0.3) is 15.9 Å². The largest absolute Gasteiger partial charge is 0.505 e. The number of phenolic OH excluding ortho intramolecular Hbond substituents is 1. The van der Waals surface area contributed by atoms with Gasteiger partial charge in [0.1, 0.15) is 22.3 Å². The summed E-state index contributed by atoms with van der Waals surface area (Å²) in [4.78, 5) is 12.0. The van der Waals surface area contributed by atoms with Gasteiger partial charge in [0.15, 0.2) is 0 Å². The van der Waals surface area contributed by atoms with Crippen molar-refractivity contribution in [1.29, 1.82) is 0 Å². The number of hydrogen-bond donors (Lipinski definition) is 3. The number of benzene rings is 3. The quantitative estimate of drug-likeness (QED) is 0.437. The third kappa shape index (κ3) is 3.52. The Kier molecular flexibility index (Phi) is 4.99. The second-order valence-corrected chi connectivity index (χ2v) is 9.07. The summed E-state index contributed by atoms with van der Waals surface area (Å²) in [5.74, 6) is -3.29. The van der Waals surface area contributed by atoms with Crippen molar-refractivity contribution in [3.8, 4) is 16.9 Å². The van der Waals surface area contributed by atoms with Crippen molar-refractivity contribution < 1.29 is 27.1 Å². The molecule has 154 valence electrons. The number of aromatic hydroxyl groups is 1. The Bertz CT molecular complexity index is 1310. The van der Waals surface area contributed by atoms with Crippen LogP contribution in [0.2, 0.25) is 0 Å². The normalized spacial score (nSPS) is 15.0.